The molecule has 1 aromatic heterocycles. The first-order valence-electron chi connectivity index (χ1n) is 10.6. The SMILES string of the molecule is COc1ccc(NC(=O)c2oc3ccccc3c2NC(=O)[C@@H](C)Oc2ccccc2)c(OC)c1. The van der Waals surface area contributed by atoms with Gasteiger partial charge in [0.15, 0.2) is 6.10 Å². The van der Waals surface area contributed by atoms with Gasteiger partial charge >= 0.3 is 0 Å². The molecule has 8 nitrogen and oxygen atoms in total. The Balaban J connectivity index is 1.61. The van der Waals surface area contributed by atoms with Gasteiger partial charge in [0.05, 0.1) is 19.9 Å². The molecular formula is C26H24N2O6. The van der Waals surface area contributed by atoms with Gasteiger partial charge in [-0.05, 0) is 43.3 Å². The molecule has 0 unspecified atom stereocenters. The lowest BCUT2D eigenvalue weighted by molar-refractivity contribution is -0.122. The second-order valence-electron chi connectivity index (χ2n) is 7.39. The number of nitrogens with one attached hydrogen (secondary N) is 2. The number of rotatable bonds is 8. The Hall–Kier alpha value is -4.46. The molecule has 0 saturated heterocycles. The molecule has 4 rings (SSSR count). The van der Waals surface area contributed by atoms with Crippen molar-refractivity contribution < 1.29 is 28.2 Å². The summed E-state index contributed by atoms with van der Waals surface area (Å²) in [5.74, 6) is 0.544. The van der Waals surface area contributed by atoms with Crippen molar-refractivity contribution in [2.75, 3.05) is 24.9 Å². The average molecular weight is 460 g/mol. The van der Waals surface area contributed by atoms with Crippen molar-refractivity contribution in [3.8, 4) is 17.2 Å². The van der Waals surface area contributed by atoms with Crippen LogP contribution >= 0.6 is 0 Å². The third kappa shape index (κ3) is 4.80. The van der Waals surface area contributed by atoms with Gasteiger partial charge in [-0.2, -0.15) is 0 Å². The zero-order valence-corrected chi connectivity index (χ0v) is 19.0. The number of carbonyl (C=O) groups excluding carboxylic acids is 2. The van der Waals surface area contributed by atoms with E-state index >= 15 is 0 Å². The first-order valence-corrected chi connectivity index (χ1v) is 10.6. The van der Waals surface area contributed by atoms with Gasteiger partial charge in [-0.3, -0.25) is 9.59 Å². The van der Waals surface area contributed by atoms with Crippen LogP contribution < -0.4 is 24.8 Å². The summed E-state index contributed by atoms with van der Waals surface area (Å²) in [6, 6.07) is 21.1. The van der Waals surface area contributed by atoms with E-state index in [9.17, 15) is 9.59 Å². The molecule has 0 bridgehead atoms. The Morgan fingerprint density at radius 3 is 2.32 bits per heavy atom. The number of fused-ring (bicyclic) bond motifs is 1. The molecule has 34 heavy (non-hydrogen) atoms. The van der Waals surface area contributed by atoms with Crippen LogP contribution in [0, 0.1) is 0 Å². The first kappa shape index (κ1) is 22.7. The van der Waals surface area contributed by atoms with E-state index in [1.807, 2.05) is 18.2 Å². The van der Waals surface area contributed by atoms with Crippen molar-refractivity contribution in [1.82, 2.24) is 0 Å². The molecule has 1 heterocycles. The fourth-order valence-corrected chi connectivity index (χ4v) is 3.39. The Morgan fingerprint density at radius 2 is 1.59 bits per heavy atom. The van der Waals surface area contributed by atoms with Crippen molar-refractivity contribution >= 4 is 34.2 Å². The number of benzene rings is 3. The molecule has 0 saturated carbocycles. The lowest BCUT2D eigenvalue weighted by Crippen LogP contribution is -2.30. The van der Waals surface area contributed by atoms with E-state index in [4.69, 9.17) is 18.6 Å². The minimum Gasteiger partial charge on any atom is -0.497 e. The summed E-state index contributed by atoms with van der Waals surface area (Å²) in [4.78, 5) is 26.1. The minimum absolute atomic E-state index is 0.0423. The number of para-hydroxylation sites is 2. The Kier molecular flexibility index (Phi) is 6.68. The van der Waals surface area contributed by atoms with E-state index in [-0.39, 0.29) is 11.4 Å². The quantitative estimate of drug-likeness (QED) is 0.379. The number of hydrogen-bond donors (Lipinski definition) is 2. The molecule has 1 atom stereocenters. The molecule has 174 valence electrons. The smallest absolute Gasteiger partial charge is 0.293 e. The van der Waals surface area contributed by atoms with Crippen LogP contribution in [0.25, 0.3) is 11.0 Å². The van der Waals surface area contributed by atoms with Crippen LogP contribution in [0.4, 0.5) is 11.4 Å². The number of hydrogen-bond acceptors (Lipinski definition) is 6. The average Bonchev–Trinajstić information content (AvgIpc) is 3.23. The van der Waals surface area contributed by atoms with Gasteiger partial charge in [0.1, 0.15) is 28.5 Å². The largest absolute Gasteiger partial charge is 0.497 e. The molecular weight excluding hydrogens is 436 g/mol. The number of anilines is 2. The van der Waals surface area contributed by atoms with Crippen molar-refractivity contribution in [2.45, 2.75) is 13.0 Å². The molecule has 2 N–H and O–H groups in total. The molecule has 3 aromatic carbocycles. The van der Waals surface area contributed by atoms with Crippen LogP contribution in [-0.2, 0) is 4.79 Å². The molecule has 0 aliphatic rings. The van der Waals surface area contributed by atoms with E-state index in [1.54, 1.807) is 68.6 Å². The Morgan fingerprint density at radius 1 is 0.853 bits per heavy atom. The molecule has 0 fully saturated rings. The van der Waals surface area contributed by atoms with Crippen molar-refractivity contribution in [3.05, 3.63) is 78.6 Å². The van der Waals surface area contributed by atoms with Gasteiger partial charge < -0.3 is 29.3 Å². The van der Waals surface area contributed by atoms with Crippen molar-refractivity contribution in [2.24, 2.45) is 0 Å². The predicted molar refractivity (Wildman–Crippen MR) is 129 cm³/mol. The zero-order valence-electron chi connectivity index (χ0n) is 19.0. The highest BCUT2D eigenvalue weighted by Crippen LogP contribution is 2.34. The van der Waals surface area contributed by atoms with Crippen LogP contribution in [0.3, 0.4) is 0 Å². The standard InChI is InChI=1S/C26H24N2O6/c1-16(33-17-9-5-4-6-10-17)25(29)28-23-19-11-7-8-12-21(19)34-24(23)26(30)27-20-14-13-18(31-2)15-22(20)32-3/h4-16H,1-3H3,(H,27,30)(H,28,29)/t16-/m1/s1. The van der Waals surface area contributed by atoms with E-state index in [0.717, 1.165) is 0 Å². The maximum absolute atomic E-state index is 13.2. The van der Waals surface area contributed by atoms with E-state index in [1.165, 1.54) is 7.11 Å². The van der Waals surface area contributed by atoms with E-state index in [2.05, 4.69) is 10.6 Å². The van der Waals surface area contributed by atoms with E-state index in [0.29, 0.717) is 33.9 Å². The molecule has 0 aliphatic carbocycles. The number of amides is 2. The second-order valence-corrected chi connectivity index (χ2v) is 7.39. The Bertz CT molecular complexity index is 1320. The summed E-state index contributed by atoms with van der Waals surface area (Å²) in [6.07, 6.45) is -0.811. The lowest BCUT2D eigenvalue weighted by atomic mass is 10.2. The van der Waals surface area contributed by atoms with Gasteiger partial charge in [-0.15, -0.1) is 0 Å². The minimum atomic E-state index is -0.811. The summed E-state index contributed by atoms with van der Waals surface area (Å²) < 4.78 is 22.1. The van der Waals surface area contributed by atoms with E-state index < -0.39 is 17.9 Å². The second kappa shape index (κ2) is 9.99. The third-order valence-corrected chi connectivity index (χ3v) is 5.13. The summed E-state index contributed by atoms with van der Waals surface area (Å²) in [5.41, 5.74) is 1.14. The number of methoxy groups -OCH3 is 2. The highest BCUT2D eigenvalue weighted by Gasteiger charge is 2.25. The molecule has 8 heteroatoms. The first-order chi connectivity index (χ1) is 16.5. The summed E-state index contributed by atoms with van der Waals surface area (Å²) in [6.45, 7) is 1.63. The number of ether oxygens (including phenoxy) is 3. The summed E-state index contributed by atoms with van der Waals surface area (Å²) in [5, 5.41) is 6.17. The highest BCUT2D eigenvalue weighted by atomic mass is 16.5. The summed E-state index contributed by atoms with van der Waals surface area (Å²) >= 11 is 0. The molecule has 0 radical (unpaired) electrons. The van der Waals surface area contributed by atoms with Gasteiger partial charge in [0, 0.05) is 11.5 Å². The fraction of sp³-hybridized carbons (Fsp3) is 0.154. The van der Waals surface area contributed by atoms with Gasteiger partial charge in [0.2, 0.25) is 5.76 Å². The van der Waals surface area contributed by atoms with Crippen molar-refractivity contribution in [3.63, 3.8) is 0 Å². The normalized spacial score (nSPS) is 11.5. The Labute approximate surface area is 196 Å². The maximum Gasteiger partial charge on any atom is 0.293 e. The van der Waals surface area contributed by atoms with Crippen LogP contribution in [0.15, 0.2) is 77.2 Å². The van der Waals surface area contributed by atoms with Crippen LogP contribution in [0.2, 0.25) is 0 Å². The number of carbonyl (C=O) groups is 2. The molecule has 2 amide bonds. The predicted octanol–water partition coefficient (Wildman–Crippen LogP) is 5.11. The monoisotopic (exact) mass is 460 g/mol. The molecule has 0 aliphatic heterocycles. The van der Waals surface area contributed by atoms with Gasteiger partial charge in [-0.25, -0.2) is 0 Å². The topological polar surface area (TPSA) is 99.0 Å². The maximum atomic E-state index is 13.2. The third-order valence-electron chi connectivity index (χ3n) is 5.13. The lowest BCUT2D eigenvalue weighted by Gasteiger charge is -2.15. The molecule has 0 spiro atoms. The number of furan rings is 1. The van der Waals surface area contributed by atoms with Crippen LogP contribution in [0.1, 0.15) is 17.5 Å². The van der Waals surface area contributed by atoms with Gasteiger partial charge in [-0.1, -0.05) is 30.3 Å². The van der Waals surface area contributed by atoms with Crippen LogP contribution in [-0.4, -0.2) is 32.1 Å². The van der Waals surface area contributed by atoms with Gasteiger partial charge in [0.25, 0.3) is 11.8 Å². The van der Waals surface area contributed by atoms with Crippen molar-refractivity contribution in [1.29, 1.82) is 0 Å². The van der Waals surface area contributed by atoms with Crippen LogP contribution in [0.5, 0.6) is 17.2 Å². The molecule has 4 aromatic rings. The zero-order chi connectivity index (χ0) is 24.1. The highest BCUT2D eigenvalue weighted by molar-refractivity contribution is 6.15. The summed E-state index contributed by atoms with van der Waals surface area (Å²) in [7, 11) is 3.03. The fourth-order valence-electron chi connectivity index (χ4n) is 3.39.